The number of carboxylic acid groups (broad SMARTS) is 1. The van der Waals surface area contributed by atoms with Crippen molar-refractivity contribution in [1.29, 1.82) is 0 Å². The van der Waals surface area contributed by atoms with Crippen LogP contribution < -0.4 is 5.73 Å². The molecular formula is C15H11ClFNO3. The molecule has 0 saturated carbocycles. The zero-order valence-electron chi connectivity index (χ0n) is 10.8. The summed E-state index contributed by atoms with van der Waals surface area (Å²) in [6, 6.07) is 8.06. The highest BCUT2D eigenvalue weighted by atomic mass is 35.5. The molecule has 3 N–H and O–H groups in total. The molecule has 2 rings (SSSR count). The van der Waals surface area contributed by atoms with Crippen molar-refractivity contribution in [3.63, 3.8) is 0 Å². The number of nitrogens with two attached hydrogens (primary N) is 1. The van der Waals surface area contributed by atoms with Gasteiger partial charge in [-0.05, 0) is 42.0 Å². The van der Waals surface area contributed by atoms with E-state index in [0.717, 1.165) is 12.1 Å². The van der Waals surface area contributed by atoms with E-state index in [0.29, 0.717) is 5.02 Å². The molecule has 108 valence electrons. The van der Waals surface area contributed by atoms with E-state index < -0.39 is 24.0 Å². The van der Waals surface area contributed by atoms with Crippen LogP contribution in [0.5, 0.6) is 0 Å². The van der Waals surface area contributed by atoms with Crippen molar-refractivity contribution in [3.8, 4) is 0 Å². The van der Waals surface area contributed by atoms with Crippen LogP contribution in [0.25, 0.3) is 0 Å². The largest absolute Gasteiger partial charge is 0.481 e. The maximum absolute atomic E-state index is 13.6. The maximum atomic E-state index is 13.6. The SMILES string of the molecule is Nc1c(CC(=O)O)cc(F)cc1C(=O)c1ccc(Cl)cc1. The third-order valence-corrected chi connectivity index (χ3v) is 3.18. The number of carbonyl (C=O) groups is 2. The van der Waals surface area contributed by atoms with Crippen molar-refractivity contribution in [1.82, 2.24) is 0 Å². The highest BCUT2D eigenvalue weighted by Crippen LogP contribution is 2.24. The van der Waals surface area contributed by atoms with Gasteiger partial charge in [-0.1, -0.05) is 11.6 Å². The average Bonchev–Trinajstić information content (AvgIpc) is 2.42. The predicted octanol–water partition coefficient (Wildman–Crippen LogP) is 2.92. The highest BCUT2D eigenvalue weighted by Gasteiger charge is 2.18. The molecule has 2 aromatic carbocycles. The minimum atomic E-state index is -1.16. The molecule has 0 spiro atoms. The molecule has 0 fully saturated rings. The zero-order valence-corrected chi connectivity index (χ0v) is 11.5. The molecule has 0 aromatic heterocycles. The summed E-state index contributed by atoms with van der Waals surface area (Å²) in [5.74, 6) is -2.36. The van der Waals surface area contributed by atoms with E-state index in [1.165, 1.54) is 24.3 Å². The molecule has 0 aliphatic heterocycles. The second kappa shape index (κ2) is 5.93. The number of ketones is 1. The van der Waals surface area contributed by atoms with Crippen molar-refractivity contribution in [2.75, 3.05) is 5.73 Å². The summed E-state index contributed by atoms with van der Waals surface area (Å²) in [5, 5.41) is 9.24. The van der Waals surface area contributed by atoms with E-state index >= 15 is 0 Å². The molecule has 0 heterocycles. The van der Waals surface area contributed by atoms with Gasteiger partial charge >= 0.3 is 5.97 Å². The first-order valence-electron chi connectivity index (χ1n) is 5.98. The van der Waals surface area contributed by atoms with E-state index in [-0.39, 0.29) is 22.4 Å². The van der Waals surface area contributed by atoms with Crippen molar-refractivity contribution < 1.29 is 19.1 Å². The average molecular weight is 308 g/mol. The first-order chi connectivity index (χ1) is 9.88. The van der Waals surface area contributed by atoms with Gasteiger partial charge in [0.15, 0.2) is 5.78 Å². The van der Waals surface area contributed by atoms with Gasteiger partial charge in [-0.15, -0.1) is 0 Å². The summed E-state index contributed by atoms with van der Waals surface area (Å²) in [7, 11) is 0. The fraction of sp³-hybridized carbons (Fsp3) is 0.0667. The minimum absolute atomic E-state index is 0.0289. The molecule has 4 nitrogen and oxygen atoms in total. The van der Waals surface area contributed by atoms with Crippen LogP contribution in [0.4, 0.5) is 10.1 Å². The van der Waals surface area contributed by atoms with Gasteiger partial charge in [0.1, 0.15) is 5.82 Å². The first kappa shape index (κ1) is 15.0. The highest BCUT2D eigenvalue weighted by molar-refractivity contribution is 6.30. The van der Waals surface area contributed by atoms with Gasteiger partial charge in [-0.2, -0.15) is 0 Å². The van der Waals surface area contributed by atoms with Gasteiger partial charge in [-0.3, -0.25) is 9.59 Å². The van der Waals surface area contributed by atoms with Crippen LogP contribution in [-0.4, -0.2) is 16.9 Å². The number of carboxylic acids is 1. The Morgan fingerprint density at radius 1 is 1.19 bits per heavy atom. The number of anilines is 1. The van der Waals surface area contributed by atoms with Gasteiger partial charge < -0.3 is 10.8 Å². The van der Waals surface area contributed by atoms with Crippen molar-refractivity contribution >= 4 is 29.0 Å². The predicted molar refractivity (Wildman–Crippen MR) is 77.0 cm³/mol. The van der Waals surface area contributed by atoms with Crippen molar-refractivity contribution in [3.05, 3.63) is 63.9 Å². The van der Waals surface area contributed by atoms with E-state index in [2.05, 4.69) is 0 Å². The Bertz CT molecular complexity index is 714. The van der Waals surface area contributed by atoms with Gasteiger partial charge in [0.25, 0.3) is 0 Å². The molecule has 0 saturated heterocycles. The summed E-state index contributed by atoms with van der Waals surface area (Å²) in [6.07, 6.45) is -0.454. The number of aliphatic carboxylic acids is 1. The molecule has 6 heteroatoms. The molecule has 0 atom stereocenters. The van der Waals surface area contributed by atoms with Crippen LogP contribution in [0, 0.1) is 5.82 Å². The topological polar surface area (TPSA) is 80.4 Å². The summed E-state index contributed by atoms with van der Waals surface area (Å²) in [4.78, 5) is 23.1. The normalized spacial score (nSPS) is 10.4. The standard InChI is InChI=1S/C15H11ClFNO3/c16-10-3-1-8(2-4-10)15(21)12-7-11(17)5-9(14(12)18)6-13(19)20/h1-5,7H,6,18H2,(H,19,20). The Labute approximate surface area is 125 Å². The van der Waals surface area contributed by atoms with Crippen molar-refractivity contribution in [2.45, 2.75) is 6.42 Å². The first-order valence-corrected chi connectivity index (χ1v) is 6.36. The molecular weight excluding hydrogens is 297 g/mol. The molecule has 0 radical (unpaired) electrons. The lowest BCUT2D eigenvalue weighted by atomic mass is 9.97. The summed E-state index contributed by atoms with van der Waals surface area (Å²) in [6.45, 7) is 0. The molecule has 2 aromatic rings. The van der Waals surface area contributed by atoms with E-state index in [1.54, 1.807) is 0 Å². The fourth-order valence-electron chi connectivity index (χ4n) is 1.93. The Morgan fingerprint density at radius 3 is 2.38 bits per heavy atom. The third kappa shape index (κ3) is 3.38. The lowest BCUT2D eigenvalue weighted by Gasteiger charge is -2.10. The summed E-state index contributed by atoms with van der Waals surface area (Å²) < 4.78 is 13.6. The molecule has 0 bridgehead atoms. The molecule has 0 amide bonds. The van der Waals surface area contributed by atoms with Crippen LogP contribution in [0.15, 0.2) is 36.4 Å². The lowest BCUT2D eigenvalue weighted by Crippen LogP contribution is -2.11. The van der Waals surface area contributed by atoms with Gasteiger partial charge in [0.05, 0.1) is 6.42 Å². The summed E-state index contributed by atoms with van der Waals surface area (Å²) in [5.41, 5.74) is 6.06. The maximum Gasteiger partial charge on any atom is 0.307 e. The van der Waals surface area contributed by atoms with Crippen LogP contribution in [-0.2, 0) is 11.2 Å². The number of halogens is 2. The van der Waals surface area contributed by atoms with Crippen LogP contribution in [0.1, 0.15) is 21.5 Å². The van der Waals surface area contributed by atoms with E-state index in [1.807, 2.05) is 0 Å². The number of carbonyl (C=O) groups excluding carboxylic acids is 1. The van der Waals surface area contributed by atoms with Gasteiger partial charge in [-0.25, -0.2) is 4.39 Å². The van der Waals surface area contributed by atoms with E-state index in [9.17, 15) is 14.0 Å². The second-order valence-electron chi connectivity index (χ2n) is 4.43. The number of benzene rings is 2. The van der Waals surface area contributed by atoms with Gasteiger partial charge in [0.2, 0.25) is 0 Å². The monoisotopic (exact) mass is 307 g/mol. The summed E-state index contributed by atoms with van der Waals surface area (Å²) >= 11 is 5.74. The Kier molecular flexibility index (Phi) is 4.23. The third-order valence-electron chi connectivity index (χ3n) is 2.92. The molecule has 21 heavy (non-hydrogen) atoms. The van der Waals surface area contributed by atoms with Crippen molar-refractivity contribution in [2.24, 2.45) is 0 Å². The zero-order chi connectivity index (χ0) is 15.6. The Morgan fingerprint density at radius 2 is 1.81 bits per heavy atom. The smallest absolute Gasteiger partial charge is 0.307 e. The second-order valence-corrected chi connectivity index (χ2v) is 4.87. The fourth-order valence-corrected chi connectivity index (χ4v) is 2.05. The minimum Gasteiger partial charge on any atom is -0.481 e. The lowest BCUT2D eigenvalue weighted by molar-refractivity contribution is -0.136. The molecule has 0 unspecified atom stereocenters. The number of hydrogen-bond acceptors (Lipinski definition) is 3. The Balaban J connectivity index is 2.47. The number of rotatable bonds is 4. The quantitative estimate of drug-likeness (QED) is 0.672. The van der Waals surface area contributed by atoms with E-state index in [4.69, 9.17) is 22.4 Å². The van der Waals surface area contributed by atoms with Crippen LogP contribution in [0.3, 0.4) is 0 Å². The Hall–Kier alpha value is -2.40. The number of nitrogen functional groups attached to an aromatic ring is 1. The van der Waals surface area contributed by atoms with Crippen LogP contribution in [0.2, 0.25) is 5.02 Å². The van der Waals surface area contributed by atoms with Crippen LogP contribution >= 0.6 is 11.6 Å². The number of hydrogen-bond donors (Lipinski definition) is 2. The van der Waals surface area contributed by atoms with Gasteiger partial charge in [0, 0.05) is 21.8 Å². The molecule has 0 aliphatic rings. The molecule has 0 aliphatic carbocycles.